The molecule has 22 heavy (non-hydrogen) atoms. The molecule has 1 aliphatic rings. The SMILES string of the molecule is C[C@H](O)[C@H](O[Si](C)(C)C(C)(C)C)[C@H]1CC(=O)ON1C(C)(C)C. The third kappa shape index (κ3) is 4.31. The molecular weight excluding hydrogens is 298 g/mol. The first kappa shape index (κ1) is 19.6. The van der Waals surface area contributed by atoms with Gasteiger partial charge in [0.2, 0.25) is 0 Å². The van der Waals surface area contributed by atoms with E-state index in [2.05, 4.69) is 33.9 Å². The maximum Gasteiger partial charge on any atom is 0.326 e. The topological polar surface area (TPSA) is 59.0 Å². The summed E-state index contributed by atoms with van der Waals surface area (Å²) in [6, 6.07) is -0.262. The first-order valence-corrected chi connectivity index (χ1v) is 10.9. The molecule has 1 rings (SSSR count). The number of hydrogen-bond donors (Lipinski definition) is 1. The Balaban J connectivity index is 3.08. The summed E-state index contributed by atoms with van der Waals surface area (Å²) in [5, 5.41) is 12.0. The zero-order valence-corrected chi connectivity index (χ0v) is 16.6. The number of nitrogens with zero attached hydrogens (tertiary/aromatic N) is 1. The van der Waals surface area contributed by atoms with Gasteiger partial charge in [-0.3, -0.25) is 4.79 Å². The van der Waals surface area contributed by atoms with Crippen LogP contribution in [0.1, 0.15) is 54.9 Å². The molecular formula is C16H33NO4Si. The number of rotatable bonds is 4. The van der Waals surface area contributed by atoms with Gasteiger partial charge in [0.05, 0.1) is 24.7 Å². The first-order chi connectivity index (χ1) is 9.67. The molecule has 0 unspecified atom stereocenters. The van der Waals surface area contributed by atoms with Gasteiger partial charge in [0.25, 0.3) is 0 Å². The molecule has 3 atom stereocenters. The molecule has 0 aromatic carbocycles. The Morgan fingerprint density at radius 2 is 1.77 bits per heavy atom. The van der Waals surface area contributed by atoms with Gasteiger partial charge in [-0.25, -0.2) is 0 Å². The van der Waals surface area contributed by atoms with Crippen molar-refractivity contribution in [2.45, 2.75) is 96.8 Å². The summed E-state index contributed by atoms with van der Waals surface area (Å²) in [6.45, 7) is 18.5. The summed E-state index contributed by atoms with van der Waals surface area (Å²) in [6.07, 6.45) is -0.855. The van der Waals surface area contributed by atoms with Crippen molar-refractivity contribution in [3.05, 3.63) is 0 Å². The van der Waals surface area contributed by atoms with E-state index in [4.69, 9.17) is 9.26 Å². The standard InChI is InChI=1S/C16H33NO4Si/c1-11(18)14(21-22(8,9)16(5,6)7)12-10-13(19)20-17(12)15(2,3)4/h11-12,14,18H,10H2,1-9H3/t11-,12+,14-/m0/s1. The Morgan fingerprint density at radius 1 is 1.27 bits per heavy atom. The number of carbonyl (C=O) groups excluding carboxylic acids is 1. The molecule has 1 aliphatic heterocycles. The minimum Gasteiger partial charge on any atom is -0.410 e. The number of aliphatic hydroxyl groups excluding tert-OH is 1. The van der Waals surface area contributed by atoms with Crippen molar-refractivity contribution < 1.29 is 19.2 Å². The van der Waals surface area contributed by atoms with Crippen LogP contribution in [-0.4, -0.2) is 48.2 Å². The average molecular weight is 332 g/mol. The second kappa shape index (κ2) is 6.22. The lowest BCUT2D eigenvalue weighted by atomic mass is 9.99. The van der Waals surface area contributed by atoms with Gasteiger partial charge in [-0.2, -0.15) is 0 Å². The lowest BCUT2D eigenvalue weighted by Gasteiger charge is -2.44. The van der Waals surface area contributed by atoms with Gasteiger partial charge in [0.1, 0.15) is 0 Å². The lowest BCUT2D eigenvalue weighted by Crippen LogP contribution is -2.56. The van der Waals surface area contributed by atoms with Crippen molar-refractivity contribution in [2.75, 3.05) is 0 Å². The number of aliphatic hydroxyl groups is 1. The van der Waals surface area contributed by atoms with Crippen LogP contribution in [0.25, 0.3) is 0 Å². The van der Waals surface area contributed by atoms with Crippen molar-refractivity contribution in [1.82, 2.24) is 5.06 Å². The smallest absolute Gasteiger partial charge is 0.326 e. The van der Waals surface area contributed by atoms with Gasteiger partial charge in [0, 0.05) is 5.54 Å². The maximum absolute atomic E-state index is 11.8. The molecule has 1 N–H and O–H groups in total. The highest BCUT2D eigenvalue weighted by molar-refractivity contribution is 6.74. The van der Waals surface area contributed by atoms with Gasteiger partial charge in [-0.15, -0.1) is 5.06 Å². The van der Waals surface area contributed by atoms with E-state index < -0.39 is 20.5 Å². The third-order valence-corrected chi connectivity index (χ3v) is 9.10. The van der Waals surface area contributed by atoms with E-state index in [1.54, 1.807) is 12.0 Å². The number of carbonyl (C=O) groups is 1. The van der Waals surface area contributed by atoms with Gasteiger partial charge in [-0.05, 0) is 45.8 Å². The van der Waals surface area contributed by atoms with E-state index in [0.717, 1.165) is 0 Å². The van der Waals surface area contributed by atoms with E-state index in [0.29, 0.717) is 0 Å². The van der Waals surface area contributed by atoms with Crippen LogP contribution in [0.3, 0.4) is 0 Å². The van der Waals surface area contributed by atoms with Crippen molar-refractivity contribution >= 4 is 14.3 Å². The predicted molar refractivity (Wildman–Crippen MR) is 89.8 cm³/mol. The summed E-state index contributed by atoms with van der Waals surface area (Å²) in [5.74, 6) is -0.260. The number of hydrogen-bond acceptors (Lipinski definition) is 5. The maximum atomic E-state index is 11.8. The molecule has 0 radical (unpaired) electrons. The second-order valence-electron chi connectivity index (χ2n) is 8.81. The summed E-state index contributed by atoms with van der Waals surface area (Å²) in [7, 11) is -2.06. The molecule has 5 nitrogen and oxygen atoms in total. The highest BCUT2D eigenvalue weighted by Crippen LogP contribution is 2.40. The normalized spacial score (nSPS) is 24.3. The molecule has 0 saturated carbocycles. The Kier molecular flexibility index (Phi) is 5.55. The Morgan fingerprint density at radius 3 is 2.14 bits per heavy atom. The van der Waals surface area contributed by atoms with E-state index in [1.807, 2.05) is 20.8 Å². The van der Waals surface area contributed by atoms with Crippen LogP contribution in [-0.2, 0) is 14.1 Å². The molecule has 130 valence electrons. The molecule has 0 amide bonds. The molecule has 0 bridgehead atoms. The van der Waals surface area contributed by atoms with Crippen LogP contribution in [0, 0.1) is 0 Å². The Bertz CT molecular complexity index is 409. The third-order valence-electron chi connectivity index (χ3n) is 4.63. The van der Waals surface area contributed by atoms with E-state index >= 15 is 0 Å². The summed E-state index contributed by atoms with van der Waals surface area (Å²) in [4.78, 5) is 17.2. The zero-order valence-electron chi connectivity index (χ0n) is 15.6. The van der Waals surface area contributed by atoms with Gasteiger partial charge in [-0.1, -0.05) is 20.8 Å². The molecule has 0 aliphatic carbocycles. The van der Waals surface area contributed by atoms with Crippen LogP contribution in [0.5, 0.6) is 0 Å². The summed E-state index contributed by atoms with van der Waals surface area (Å²) < 4.78 is 6.44. The van der Waals surface area contributed by atoms with Crippen molar-refractivity contribution in [2.24, 2.45) is 0 Å². The van der Waals surface area contributed by atoms with Crippen LogP contribution in [0.4, 0.5) is 0 Å². The van der Waals surface area contributed by atoms with Crippen LogP contribution in [0.2, 0.25) is 18.1 Å². The monoisotopic (exact) mass is 331 g/mol. The molecule has 1 saturated heterocycles. The molecule has 0 aromatic heterocycles. The Hall–Kier alpha value is -0.433. The minimum atomic E-state index is -2.06. The molecule has 1 heterocycles. The second-order valence-corrected chi connectivity index (χ2v) is 13.6. The summed E-state index contributed by atoms with van der Waals surface area (Å²) in [5.41, 5.74) is -0.333. The van der Waals surface area contributed by atoms with Crippen molar-refractivity contribution in [3.63, 3.8) is 0 Å². The van der Waals surface area contributed by atoms with E-state index in [-0.39, 0.29) is 29.0 Å². The molecule has 0 spiro atoms. The van der Waals surface area contributed by atoms with E-state index in [9.17, 15) is 9.90 Å². The van der Waals surface area contributed by atoms with Crippen LogP contribution >= 0.6 is 0 Å². The molecule has 1 fully saturated rings. The quantitative estimate of drug-likeness (QED) is 0.802. The Labute approximate surface area is 136 Å². The van der Waals surface area contributed by atoms with Gasteiger partial charge >= 0.3 is 5.97 Å². The van der Waals surface area contributed by atoms with Gasteiger partial charge in [0.15, 0.2) is 8.32 Å². The fourth-order valence-corrected chi connectivity index (χ4v) is 3.76. The molecule has 6 heteroatoms. The minimum absolute atomic E-state index is 0.0379. The van der Waals surface area contributed by atoms with Crippen LogP contribution < -0.4 is 0 Å². The predicted octanol–water partition coefficient (Wildman–Crippen LogP) is 3.09. The average Bonchev–Trinajstić information content (AvgIpc) is 2.65. The highest BCUT2D eigenvalue weighted by Gasteiger charge is 2.49. The number of hydroxylamine groups is 2. The fraction of sp³-hybridized carbons (Fsp3) is 0.938. The summed E-state index contributed by atoms with van der Waals surface area (Å²) >= 11 is 0. The van der Waals surface area contributed by atoms with Gasteiger partial charge < -0.3 is 14.4 Å². The molecule has 0 aromatic rings. The zero-order chi connectivity index (χ0) is 17.5. The largest absolute Gasteiger partial charge is 0.410 e. The first-order valence-electron chi connectivity index (χ1n) is 8.03. The highest BCUT2D eigenvalue weighted by atomic mass is 28.4. The van der Waals surface area contributed by atoms with Crippen molar-refractivity contribution in [3.8, 4) is 0 Å². The van der Waals surface area contributed by atoms with Crippen molar-refractivity contribution in [1.29, 1.82) is 0 Å². The fourth-order valence-electron chi connectivity index (χ4n) is 2.37. The lowest BCUT2D eigenvalue weighted by molar-refractivity contribution is -0.211. The van der Waals surface area contributed by atoms with E-state index in [1.165, 1.54) is 0 Å². The van der Waals surface area contributed by atoms with Crippen LogP contribution in [0.15, 0.2) is 0 Å².